The topological polar surface area (TPSA) is 147 Å². The van der Waals surface area contributed by atoms with Gasteiger partial charge in [-0.05, 0) is 6.42 Å². The van der Waals surface area contributed by atoms with Crippen LogP contribution in [0.5, 0.6) is 0 Å². The fourth-order valence-corrected chi connectivity index (χ4v) is 1.47. The number of carboxylic acid groups (broad SMARTS) is 1. The van der Waals surface area contributed by atoms with Crippen LogP contribution in [-0.4, -0.2) is 68.4 Å². The molecular weight excluding hydrogens is 270 g/mol. The number of carboxylic acids is 1. The van der Waals surface area contributed by atoms with Crippen LogP contribution in [0.15, 0.2) is 0 Å². The maximum absolute atomic E-state index is 11.5. The first kappa shape index (κ1) is 16.8. The van der Waals surface area contributed by atoms with Crippen molar-refractivity contribution in [1.29, 1.82) is 0 Å². The van der Waals surface area contributed by atoms with Crippen molar-refractivity contribution in [3.8, 4) is 0 Å². The van der Waals surface area contributed by atoms with Gasteiger partial charge in [0.2, 0.25) is 0 Å². The van der Waals surface area contributed by atoms with Gasteiger partial charge in [0.1, 0.15) is 12.2 Å². The molecule has 118 valence electrons. The average molecular weight is 294 g/mol. The van der Waals surface area contributed by atoms with E-state index >= 15 is 0 Å². The monoisotopic (exact) mass is 294 g/mol. The van der Waals surface area contributed by atoms with Gasteiger partial charge in [-0.2, -0.15) is 0 Å². The van der Waals surface area contributed by atoms with Crippen LogP contribution in [0.3, 0.4) is 0 Å². The van der Waals surface area contributed by atoms with Gasteiger partial charge >= 0.3 is 5.97 Å². The van der Waals surface area contributed by atoms with Gasteiger partial charge in [-0.1, -0.05) is 26.2 Å². The minimum absolute atomic E-state index is 0.248. The summed E-state index contributed by atoms with van der Waals surface area (Å²) in [7, 11) is 0. The van der Waals surface area contributed by atoms with Crippen molar-refractivity contribution in [2.75, 3.05) is 6.54 Å². The number of hydrogen-bond acceptors (Lipinski definition) is 6. The Balaban J connectivity index is 4.10. The second kappa shape index (κ2) is 9.65. The van der Waals surface area contributed by atoms with Gasteiger partial charge < -0.3 is 30.8 Å². The van der Waals surface area contributed by atoms with E-state index in [0.717, 1.165) is 19.3 Å². The van der Waals surface area contributed by atoms with E-state index in [1.54, 1.807) is 0 Å². The smallest absolute Gasteiger partial charge is 0.335 e. The largest absolute Gasteiger partial charge is 0.479 e. The van der Waals surface area contributed by atoms with Crippen molar-refractivity contribution >= 4 is 11.9 Å². The third-order valence-electron chi connectivity index (χ3n) is 2.74. The lowest BCUT2D eigenvalue weighted by atomic mass is 10.0. The first-order valence-electron chi connectivity index (χ1n) is 7.05. The first-order valence-corrected chi connectivity index (χ1v) is 6.35. The summed E-state index contributed by atoms with van der Waals surface area (Å²) in [6.45, 7) is 0.596. The van der Waals surface area contributed by atoms with Crippen molar-refractivity contribution in [3.05, 3.63) is 0 Å². The van der Waals surface area contributed by atoms with Gasteiger partial charge in [0.05, 0.1) is 0 Å². The average Bonchev–Trinajstić information content (AvgIpc) is 2.47. The van der Waals surface area contributed by atoms with Crippen LogP contribution in [0.1, 0.15) is 34.0 Å². The molecule has 20 heavy (non-hydrogen) atoms. The van der Waals surface area contributed by atoms with Crippen molar-refractivity contribution in [2.45, 2.75) is 57.0 Å². The quantitative estimate of drug-likeness (QED) is 0.261. The summed E-state index contributed by atoms with van der Waals surface area (Å²) in [5.74, 6) is -2.73. The minimum atomic E-state index is -2.30. The molecule has 0 aromatic rings. The highest BCUT2D eigenvalue weighted by Gasteiger charge is 2.37. The predicted octanol–water partition coefficient (Wildman–Crippen LogP) is -1.79. The number of hydrogen-bond donors (Lipinski definition) is 6. The number of carbonyl (C=O) groups is 2. The molecule has 0 aliphatic carbocycles. The number of carbonyl (C=O) groups excluding carboxylic acids is 1. The lowest BCUT2D eigenvalue weighted by Gasteiger charge is -2.23. The highest BCUT2D eigenvalue weighted by Crippen LogP contribution is 2.06. The van der Waals surface area contributed by atoms with Crippen molar-refractivity contribution in [1.82, 2.24) is 5.32 Å². The zero-order valence-electron chi connectivity index (χ0n) is 12.1. The highest BCUT2D eigenvalue weighted by atomic mass is 16.4. The van der Waals surface area contributed by atoms with Crippen molar-refractivity contribution < 1.29 is 36.5 Å². The number of aliphatic hydroxyl groups excluding tert-OH is 4. The number of aliphatic hydroxyl groups is 4. The van der Waals surface area contributed by atoms with Gasteiger partial charge in [-0.3, -0.25) is 4.79 Å². The SMILES string of the molecule is [2H]CCCCCCNC(=O)[C@@H](O)[C@H](O)[C@H](O)[C@@H](O)C(=O)O. The van der Waals surface area contributed by atoms with Crippen LogP contribution in [0.4, 0.5) is 0 Å². The van der Waals surface area contributed by atoms with Crippen LogP contribution in [0, 0.1) is 0 Å². The Morgan fingerprint density at radius 1 is 1.05 bits per heavy atom. The molecule has 6 N–H and O–H groups in total. The number of rotatable bonds is 10. The van der Waals surface area contributed by atoms with E-state index in [9.17, 15) is 24.9 Å². The summed E-state index contributed by atoms with van der Waals surface area (Å²) in [5.41, 5.74) is 0. The molecular formula is C12H23NO7. The van der Waals surface area contributed by atoms with Crippen LogP contribution < -0.4 is 5.32 Å². The summed E-state index contributed by atoms with van der Waals surface area (Å²) in [5, 5.41) is 48.0. The van der Waals surface area contributed by atoms with E-state index in [1.807, 2.05) is 0 Å². The zero-order chi connectivity index (χ0) is 16.4. The molecule has 0 unspecified atom stereocenters. The second-order valence-electron chi connectivity index (χ2n) is 4.41. The maximum Gasteiger partial charge on any atom is 0.335 e. The predicted molar refractivity (Wildman–Crippen MR) is 68.8 cm³/mol. The molecule has 0 rings (SSSR count). The molecule has 8 heteroatoms. The van der Waals surface area contributed by atoms with Crippen LogP contribution >= 0.6 is 0 Å². The highest BCUT2D eigenvalue weighted by molar-refractivity contribution is 5.81. The minimum Gasteiger partial charge on any atom is -0.479 e. The van der Waals surface area contributed by atoms with E-state index in [2.05, 4.69) is 5.32 Å². The molecule has 0 aliphatic heterocycles. The lowest BCUT2D eigenvalue weighted by molar-refractivity contribution is -0.166. The normalized spacial score (nSPS) is 17.7. The molecule has 0 bridgehead atoms. The van der Waals surface area contributed by atoms with Crippen LogP contribution in [-0.2, 0) is 9.59 Å². The molecule has 0 fully saturated rings. The van der Waals surface area contributed by atoms with Gasteiger partial charge in [-0.25, -0.2) is 4.79 Å². The molecule has 0 heterocycles. The van der Waals surface area contributed by atoms with Gasteiger partial charge in [0.25, 0.3) is 5.91 Å². The van der Waals surface area contributed by atoms with Gasteiger partial charge in [-0.15, -0.1) is 0 Å². The van der Waals surface area contributed by atoms with E-state index in [-0.39, 0.29) is 6.54 Å². The first-order chi connectivity index (χ1) is 9.82. The number of unbranched alkanes of at least 4 members (excludes halogenated alkanes) is 3. The third-order valence-corrected chi connectivity index (χ3v) is 2.74. The Kier molecular flexibility index (Phi) is 8.12. The van der Waals surface area contributed by atoms with E-state index in [1.165, 1.54) is 0 Å². The molecule has 4 atom stereocenters. The van der Waals surface area contributed by atoms with Gasteiger partial charge in [0, 0.05) is 7.92 Å². The lowest BCUT2D eigenvalue weighted by Crippen LogP contribution is -2.52. The Morgan fingerprint density at radius 2 is 1.65 bits per heavy atom. The van der Waals surface area contributed by atoms with Gasteiger partial charge in [0.15, 0.2) is 12.2 Å². The summed E-state index contributed by atoms with van der Waals surface area (Å²) < 4.78 is 6.94. The fraction of sp³-hybridized carbons (Fsp3) is 0.833. The summed E-state index contributed by atoms with van der Waals surface area (Å²) >= 11 is 0. The molecule has 0 aromatic carbocycles. The number of amides is 1. The zero-order valence-corrected chi connectivity index (χ0v) is 11.1. The Bertz CT molecular complexity index is 329. The molecule has 1 amide bonds. The van der Waals surface area contributed by atoms with E-state index < -0.39 is 36.3 Å². The standard InChI is InChI=1S/C12H23NO7/c1-2-3-4-5-6-13-11(18)9(16)7(14)8(15)10(17)12(19)20/h7-10,14-17H,2-6H2,1H3,(H,13,18)(H,19,20)/t7-,8+,9+,10-/m1/s1/i1D. The number of aliphatic carboxylic acids is 1. The van der Waals surface area contributed by atoms with E-state index in [4.69, 9.17) is 11.6 Å². The second-order valence-corrected chi connectivity index (χ2v) is 4.41. The summed E-state index contributed by atoms with van der Waals surface area (Å²) in [4.78, 5) is 21.9. The Morgan fingerprint density at radius 3 is 2.20 bits per heavy atom. The van der Waals surface area contributed by atoms with Crippen molar-refractivity contribution in [3.63, 3.8) is 0 Å². The van der Waals surface area contributed by atoms with Crippen molar-refractivity contribution in [2.24, 2.45) is 0 Å². The van der Waals surface area contributed by atoms with E-state index in [0.29, 0.717) is 13.3 Å². The Hall–Kier alpha value is -1.22. The maximum atomic E-state index is 11.5. The molecule has 0 radical (unpaired) electrons. The third kappa shape index (κ3) is 6.29. The van der Waals surface area contributed by atoms with Crippen LogP contribution in [0.2, 0.25) is 0 Å². The molecule has 0 saturated heterocycles. The molecule has 0 spiro atoms. The molecule has 0 aromatic heterocycles. The summed E-state index contributed by atoms with van der Waals surface area (Å²) in [6, 6.07) is 0. The Labute approximate surface area is 118 Å². The fourth-order valence-electron chi connectivity index (χ4n) is 1.47. The summed E-state index contributed by atoms with van der Waals surface area (Å²) in [6.07, 6.45) is -5.57. The number of nitrogens with one attached hydrogen (secondary N) is 1. The van der Waals surface area contributed by atoms with Crippen LogP contribution in [0.25, 0.3) is 0 Å². The molecule has 0 saturated carbocycles. The molecule has 0 aliphatic rings. The molecule has 8 nitrogen and oxygen atoms in total.